The van der Waals surface area contributed by atoms with Crippen LogP contribution in [-0.2, 0) is 20.7 Å². The minimum Gasteiger partial charge on any atom is -0.465 e. The van der Waals surface area contributed by atoms with Crippen molar-refractivity contribution in [2.45, 2.75) is 46.0 Å². The second-order valence-corrected chi connectivity index (χ2v) is 5.58. The monoisotopic (exact) mass is 310 g/mol. The molecule has 1 unspecified atom stereocenters. The molecule has 116 valence electrons. The molecule has 0 saturated carbocycles. The van der Waals surface area contributed by atoms with E-state index in [0.29, 0.717) is 13.0 Å². The van der Waals surface area contributed by atoms with Gasteiger partial charge in [-0.05, 0) is 50.8 Å². The van der Waals surface area contributed by atoms with Gasteiger partial charge in [0.1, 0.15) is 11.7 Å². The highest BCUT2D eigenvalue weighted by Crippen LogP contribution is 2.16. The average molecular weight is 311 g/mol. The van der Waals surface area contributed by atoms with Crippen LogP contribution in [0.3, 0.4) is 0 Å². The number of benzene rings is 1. The van der Waals surface area contributed by atoms with Gasteiger partial charge in [0.15, 0.2) is 0 Å². The van der Waals surface area contributed by atoms with Crippen molar-refractivity contribution in [2.24, 2.45) is 5.92 Å². The number of carbonyl (C=O) groups is 2. The Kier molecular flexibility index (Phi) is 8.06. The van der Waals surface area contributed by atoms with Gasteiger partial charge in [0.2, 0.25) is 0 Å². The number of ketones is 1. The van der Waals surface area contributed by atoms with Gasteiger partial charge in [-0.3, -0.25) is 9.59 Å². The molecule has 1 atom stereocenters. The van der Waals surface area contributed by atoms with Gasteiger partial charge in [0.25, 0.3) is 0 Å². The van der Waals surface area contributed by atoms with Crippen LogP contribution in [0.4, 0.5) is 0 Å². The number of ether oxygens (including phenoxy) is 1. The molecule has 0 spiro atoms. The second-order valence-electron chi connectivity index (χ2n) is 5.14. The number of hydrogen-bond acceptors (Lipinski definition) is 3. The molecule has 1 aromatic rings. The summed E-state index contributed by atoms with van der Waals surface area (Å²) in [6.45, 7) is 3.52. The van der Waals surface area contributed by atoms with E-state index in [-0.39, 0.29) is 11.8 Å². The van der Waals surface area contributed by atoms with Crippen LogP contribution in [0, 0.1) is 5.92 Å². The first-order chi connectivity index (χ1) is 10.0. The number of halogens is 1. The van der Waals surface area contributed by atoms with Crippen LogP contribution in [0.1, 0.15) is 45.1 Å². The summed E-state index contributed by atoms with van der Waals surface area (Å²) < 4.78 is 4.93. The quantitative estimate of drug-likeness (QED) is 0.390. The van der Waals surface area contributed by atoms with Crippen LogP contribution in [0.25, 0.3) is 0 Å². The van der Waals surface area contributed by atoms with Gasteiger partial charge in [-0.1, -0.05) is 36.6 Å². The Morgan fingerprint density at radius 3 is 2.38 bits per heavy atom. The van der Waals surface area contributed by atoms with Crippen LogP contribution < -0.4 is 0 Å². The Hall–Kier alpha value is -1.35. The molecule has 0 saturated heterocycles. The third kappa shape index (κ3) is 6.76. The van der Waals surface area contributed by atoms with Crippen molar-refractivity contribution >= 4 is 23.4 Å². The normalized spacial score (nSPS) is 12.0. The fourth-order valence-corrected chi connectivity index (χ4v) is 2.36. The Bertz CT molecular complexity index is 454. The van der Waals surface area contributed by atoms with Crippen molar-refractivity contribution in [1.82, 2.24) is 0 Å². The third-order valence-electron chi connectivity index (χ3n) is 3.43. The molecule has 0 aromatic heterocycles. The highest BCUT2D eigenvalue weighted by Gasteiger charge is 2.23. The maximum absolute atomic E-state index is 11.6. The average Bonchev–Trinajstić information content (AvgIpc) is 2.44. The molecule has 0 N–H and O–H groups in total. The van der Waals surface area contributed by atoms with Gasteiger partial charge in [-0.25, -0.2) is 0 Å². The summed E-state index contributed by atoms with van der Waals surface area (Å²) in [6, 6.07) is 7.84. The zero-order valence-electron chi connectivity index (χ0n) is 12.7. The SMILES string of the molecule is CCOC(=O)C(CCCCCc1ccc(Cl)cc1)C(C)=O. The largest absolute Gasteiger partial charge is 0.465 e. The van der Waals surface area contributed by atoms with Crippen molar-refractivity contribution in [1.29, 1.82) is 0 Å². The third-order valence-corrected chi connectivity index (χ3v) is 3.69. The Labute approximate surface area is 131 Å². The Morgan fingerprint density at radius 1 is 1.14 bits per heavy atom. The number of unbranched alkanes of at least 4 members (excludes halogenated alkanes) is 2. The molecule has 0 radical (unpaired) electrons. The van der Waals surface area contributed by atoms with Gasteiger partial charge in [-0.2, -0.15) is 0 Å². The van der Waals surface area contributed by atoms with E-state index < -0.39 is 5.92 Å². The highest BCUT2D eigenvalue weighted by molar-refractivity contribution is 6.30. The van der Waals surface area contributed by atoms with Gasteiger partial charge in [0, 0.05) is 5.02 Å². The first-order valence-corrected chi connectivity index (χ1v) is 7.84. The maximum atomic E-state index is 11.6. The minimum absolute atomic E-state index is 0.105. The number of rotatable bonds is 9. The van der Waals surface area contributed by atoms with Gasteiger partial charge in [0.05, 0.1) is 6.61 Å². The summed E-state index contributed by atoms with van der Waals surface area (Å²) >= 11 is 5.84. The molecule has 1 aromatic carbocycles. The molecule has 1 rings (SSSR count). The molecule has 0 heterocycles. The fourth-order valence-electron chi connectivity index (χ4n) is 2.24. The number of hydrogen-bond donors (Lipinski definition) is 0. The molecule has 21 heavy (non-hydrogen) atoms. The van der Waals surface area contributed by atoms with Crippen LogP contribution in [0.2, 0.25) is 5.02 Å². The van der Waals surface area contributed by atoms with Crippen LogP contribution >= 0.6 is 11.6 Å². The summed E-state index contributed by atoms with van der Waals surface area (Å²) in [5.74, 6) is -1.09. The first kappa shape index (κ1) is 17.7. The summed E-state index contributed by atoms with van der Waals surface area (Å²) in [5, 5.41) is 0.748. The van der Waals surface area contributed by atoms with E-state index in [4.69, 9.17) is 16.3 Å². The van der Waals surface area contributed by atoms with Crippen LogP contribution in [-0.4, -0.2) is 18.4 Å². The standard InChI is InChI=1S/C17H23ClO3/c1-3-21-17(20)16(13(2)19)8-6-4-5-7-14-9-11-15(18)12-10-14/h9-12,16H,3-8H2,1-2H3. The van der Waals surface area contributed by atoms with E-state index >= 15 is 0 Å². The van der Waals surface area contributed by atoms with E-state index in [1.807, 2.05) is 24.3 Å². The number of aryl methyl sites for hydroxylation is 1. The zero-order chi connectivity index (χ0) is 15.7. The van der Waals surface area contributed by atoms with E-state index in [0.717, 1.165) is 30.7 Å². The molecular weight excluding hydrogens is 288 g/mol. The summed E-state index contributed by atoms with van der Waals surface area (Å²) in [5.41, 5.74) is 1.26. The van der Waals surface area contributed by atoms with Crippen molar-refractivity contribution in [3.8, 4) is 0 Å². The van der Waals surface area contributed by atoms with Crippen molar-refractivity contribution in [3.05, 3.63) is 34.9 Å². The molecule has 0 fully saturated rings. The van der Waals surface area contributed by atoms with Crippen molar-refractivity contribution in [2.75, 3.05) is 6.61 Å². The van der Waals surface area contributed by atoms with Gasteiger partial charge in [-0.15, -0.1) is 0 Å². The van der Waals surface area contributed by atoms with E-state index in [1.165, 1.54) is 12.5 Å². The highest BCUT2D eigenvalue weighted by atomic mass is 35.5. The lowest BCUT2D eigenvalue weighted by molar-refractivity contribution is -0.151. The second kappa shape index (κ2) is 9.56. The molecule has 0 aliphatic rings. The fraction of sp³-hybridized carbons (Fsp3) is 0.529. The number of carbonyl (C=O) groups excluding carboxylic acids is 2. The van der Waals surface area contributed by atoms with Gasteiger partial charge >= 0.3 is 5.97 Å². The van der Waals surface area contributed by atoms with Crippen molar-refractivity contribution < 1.29 is 14.3 Å². The molecule has 0 bridgehead atoms. The van der Waals surface area contributed by atoms with Crippen LogP contribution in [0.15, 0.2) is 24.3 Å². The van der Waals surface area contributed by atoms with E-state index in [2.05, 4.69) is 0 Å². The molecule has 0 amide bonds. The summed E-state index contributed by atoms with van der Waals surface area (Å²) in [7, 11) is 0. The van der Waals surface area contributed by atoms with Crippen LogP contribution in [0.5, 0.6) is 0 Å². The lowest BCUT2D eigenvalue weighted by Crippen LogP contribution is -2.24. The predicted octanol–water partition coefficient (Wildman–Crippen LogP) is 4.21. The zero-order valence-corrected chi connectivity index (χ0v) is 13.5. The molecule has 4 heteroatoms. The predicted molar refractivity (Wildman–Crippen MR) is 84.4 cm³/mol. The number of Topliss-reactive ketones (excluding diaryl/α,β-unsaturated/α-hetero) is 1. The lowest BCUT2D eigenvalue weighted by Gasteiger charge is -2.12. The molecule has 0 aliphatic carbocycles. The van der Waals surface area contributed by atoms with E-state index in [1.54, 1.807) is 6.92 Å². The topological polar surface area (TPSA) is 43.4 Å². The maximum Gasteiger partial charge on any atom is 0.316 e. The lowest BCUT2D eigenvalue weighted by atomic mass is 9.96. The van der Waals surface area contributed by atoms with Crippen molar-refractivity contribution in [3.63, 3.8) is 0 Å². The smallest absolute Gasteiger partial charge is 0.316 e. The van der Waals surface area contributed by atoms with E-state index in [9.17, 15) is 9.59 Å². The molecular formula is C17H23ClO3. The molecule has 3 nitrogen and oxygen atoms in total. The molecule has 0 aliphatic heterocycles. The van der Waals surface area contributed by atoms with Gasteiger partial charge < -0.3 is 4.74 Å². The Balaban J connectivity index is 2.26. The number of esters is 1. The Morgan fingerprint density at radius 2 is 1.81 bits per heavy atom. The summed E-state index contributed by atoms with van der Waals surface area (Å²) in [6.07, 6.45) is 4.45. The first-order valence-electron chi connectivity index (χ1n) is 7.46. The minimum atomic E-state index is -0.597. The summed E-state index contributed by atoms with van der Waals surface area (Å²) in [4.78, 5) is 23.1.